The van der Waals surface area contributed by atoms with Gasteiger partial charge in [-0.05, 0) is 19.8 Å². The summed E-state index contributed by atoms with van der Waals surface area (Å²) in [6, 6.07) is 0.0903. The molecule has 0 unspecified atom stereocenters. The molecule has 1 aliphatic carbocycles. The fourth-order valence-corrected chi connectivity index (χ4v) is 3.34. The molecule has 1 heterocycles. The predicted molar refractivity (Wildman–Crippen MR) is 56.2 cm³/mol. The van der Waals surface area contributed by atoms with Crippen molar-refractivity contribution in [3.8, 4) is 0 Å². The molecule has 1 fully saturated rings. The van der Waals surface area contributed by atoms with Gasteiger partial charge in [-0.3, -0.25) is 5.10 Å². The number of aromatic nitrogens is 2. The molecular weight excluding hydrogens is 238 g/mol. The number of aromatic amines is 1. The zero-order valence-electron chi connectivity index (χ0n) is 8.25. The second kappa shape index (κ2) is 3.77. The maximum Gasteiger partial charge on any atom is 0.244 e. The quantitative estimate of drug-likeness (QED) is 0.779. The molecule has 1 aromatic heterocycles. The molecule has 1 aliphatic rings. The summed E-state index contributed by atoms with van der Waals surface area (Å²) in [5.74, 6) is 0.0885. The summed E-state index contributed by atoms with van der Waals surface area (Å²) in [6.07, 6.45) is 1.82. The lowest BCUT2D eigenvalue weighted by atomic mass is 10.4. The minimum absolute atomic E-state index is 0.0885. The normalized spacial score (nSPS) is 16.9. The smallest absolute Gasteiger partial charge is 0.244 e. The first kappa shape index (κ1) is 10.9. The maximum atomic E-state index is 11.9. The third-order valence-electron chi connectivity index (χ3n) is 2.26. The van der Waals surface area contributed by atoms with Crippen LogP contribution in [-0.2, 0) is 15.9 Å². The van der Waals surface area contributed by atoms with Crippen LogP contribution < -0.4 is 4.72 Å². The molecule has 0 aromatic carbocycles. The number of hydrogen-bond acceptors (Lipinski definition) is 3. The number of alkyl halides is 1. The fourth-order valence-electron chi connectivity index (χ4n) is 1.40. The van der Waals surface area contributed by atoms with E-state index >= 15 is 0 Å². The SMILES string of the molecule is Cc1[nH]nc(CCl)c1S(=O)(=O)NC1CC1. The van der Waals surface area contributed by atoms with Crippen LogP contribution in [0.2, 0.25) is 0 Å². The van der Waals surface area contributed by atoms with Crippen LogP contribution in [0.1, 0.15) is 24.2 Å². The van der Waals surface area contributed by atoms with E-state index in [1.54, 1.807) is 6.92 Å². The average molecular weight is 250 g/mol. The summed E-state index contributed by atoms with van der Waals surface area (Å²) >= 11 is 5.63. The molecule has 0 radical (unpaired) electrons. The summed E-state index contributed by atoms with van der Waals surface area (Å²) in [5, 5.41) is 6.49. The molecule has 2 rings (SSSR count). The lowest BCUT2D eigenvalue weighted by Crippen LogP contribution is -2.26. The van der Waals surface area contributed by atoms with Gasteiger partial charge in [0.15, 0.2) is 0 Å². The maximum absolute atomic E-state index is 11.9. The van der Waals surface area contributed by atoms with Gasteiger partial charge >= 0.3 is 0 Å². The van der Waals surface area contributed by atoms with Crippen molar-refractivity contribution < 1.29 is 8.42 Å². The molecule has 5 nitrogen and oxygen atoms in total. The van der Waals surface area contributed by atoms with Crippen molar-refractivity contribution >= 4 is 21.6 Å². The zero-order valence-corrected chi connectivity index (χ0v) is 9.82. The van der Waals surface area contributed by atoms with Crippen LogP contribution in [0.4, 0.5) is 0 Å². The number of aryl methyl sites for hydroxylation is 1. The Labute approximate surface area is 93.3 Å². The Morgan fingerprint density at radius 2 is 2.27 bits per heavy atom. The average Bonchev–Trinajstić information content (AvgIpc) is 2.85. The second-order valence-corrected chi connectivity index (χ2v) is 5.57. The monoisotopic (exact) mass is 249 g/mol. The molecule has 0 amide bonds. The van der Waals surface area contributed by atoms with E-state index in [0.717, 1.165) is 12.8 Å². The molecule has 0 spiro atoms. The number of hydrogen-bond donors (Lipinski definition) is 2. The van der Waals surface area contributed by atoms with E-state index in [1.807, 2.05) is 0 Å². The minimum Gasteiger partial charge on any atom is -0.281 e. The van der Waals surface area contributed by atoms with E-state index in [1.165, 1.54) is 0 Å². The highest BCUT2D eigenvalue weighted by Crippen LogP contribution is 2.25. The van der Waals surface area contributed by atoms with Gasteiger partial charge in [0.1, 0.15) is 4.90 Å². The molecule has 1 saturated carbocycles. The van der Waals surface area contributed by atoms with Crippen LogP contribution in [0.15, 0.2) is 4.90 Å². The Bertz CT molecular complexity index is 464. The van der Waals surface area contributed by atoms with Crippen molar-refractivity contribution in [1.29, 1.82) is 0 Å². The van der Waals surface area contributed by atoms with Gasteiger partial charge in [-0.1, -0.05) is 0 Å². The van der Waals surface area contributed by atoms with Gasteiger partial charge < -0.3 is 0 Å². The van der Waals surface area contributed by atoms with Crippen LogP contribution in [0.25, 0.3) is 0 Å². The van der Waals surface area contributed by atoms with Gasteiger partial charge in [0.2, 0.25) is 10.0 Å². The molecule has 1 aromatic rings. The molecule has 84 valence electrons. The number of sulfonamides is 1. The van der Waals surface area contributed by atoms with Gasteiger partial charge in [-0.2, -0.15) is 5.10 Å². The topological polar surface area (TPSA) is 74.8 Å². The van der Waals surface area contributed by atoms with Crippen LogP contribution in [0, 0.1) is 6.92 Å². The van der Waals surface area contributed by atoms with Crippen molar-refractivity contribution in [1.82, 2.24) is 14.9 Å². The molecule has 15 heavy (non-hydrogen) atoms. The first-order valence-corrected chi connectivity index (χ1v) is 6.68. The summed E-state index contributed by atoms with van der Waals surface area (Å²) in [5.41, 5.74) is 0.904. The fraction of sp³-hybridized carbons (Fsp3) is 0.625. The molecule has 2 N–H and O–H groups in total. The van der Waals surface area contributed by atoms with E-state index in [-0.39, 0.29) is 16.8 Å². The number of nitrogens with zero attached hydrogens (tertiary/aromatic N) is 1. The molecule has 7 heteroatoms. The third kappa shape index (κ3) is 2.16. The van der Waals surface area contributed by atoms with Crippen LogP contribution >= 0.6 is 11.6 Å². The molecule has 0 aliphatic heterocycles. The van der Waals surface area contributed by atoms with Crippen molar-refractivity contribution in [2.45, 2.75) is 36.6 Å². The van der Waals surface area contributed by atoms with Crippen molar-refractivity contribution in [3.63, 3.8) is 0 Å². The lowest BCUT2D eigenvalue weighted by Gasteiger charge is -2.05. The Balaban J connectivity index is 2.37. The lowest BCUT2D eigenvalue weighted by molar-refractivity contribution is 0.579. The third-order valence-corrected chi connectivity index (χ3v) is 4.23. The first-order valence-electron chi connectivity index (χ1n) is 4.66. The molecule has 0 atom stereocenters. The number of rotatable bonds is 4. The van der Waals surface area contributed by atoms with Crippen molar-refractivity contribution in [2.24, 2.45) is 0 Å². The molecular formula is C8H12ClN3O2S. The highest BCUT2D eigenvalue weighted by Gasteiger charge is 2.31. The summed E-state index contributed by atoms with van der Waals surface area (Å²) in [6.45, 7) is 1.67. The Kier molecular flexibility index (Phi) is 2.74. The van der Waals surface area contributed by atoms with Gasteiger partial charge in [0.25, 0.3) is 0 Å². The van der Waals surface area contributed by atoms with Gasteiger partial charge in [-0.15, -0.1) is 11.6 Å². The standard InChI is InChI=1S/C8H12ClN3O2S/c1-5-8(7(4-9)11-10-5)15(13,14)12-6-2-3-6/h6,12H,2-4H2,1H3,(H,10,11). The van der Waals surface area contributed by atoms with Crippen LogP contribution in [0.3, 0.4) is 0 Å². The van der Waals surface area contributed by atoms with E-state index in [2.05, 4.69) is 14.9 Å². The minimum atomic E-state index is -3.46. The summed E-state index contributed by atoms with van der Waals surface area (Å²) in [4.78, 5) is 0.199. The molecule has 0 saturated heterocycles. The van der Waals surface area contributed by atoms with E-state index < -0.39 is 10.0 Å². The van der Waals surface area contributed by atoms with Gasteiger partial charge in [0.05, 0.1) is 17.3 Å². The Hall–Kier alpha value is -0.590. The van der Waals surface area contributed by atoms with Crippen LogP contribution in [-0.4, -0.2) is 24.7 Å². The highest BCUT2D eigenvalue weighted by atomic mass is 35.5. The largest absolute Gasteiger partial charge is 0.281 e. The second-order valence-electron chi connectivity index (χ2n) is 3.65. The summed E-state index contributed by atoms with van der Waals surface area (Å²) in [7, 11) is -3.46. The Morgan fingerprint density at radius 1 is 1.60 bits per heavy atom. The first-order chi connectivity index (χ1) is 7.04. The van der Waals surface area contributed by atoms with E-state index in [0.29, 0.717) is 11.4 Å². The van der Waals surface area contributed by atoms with Crippen molar-refractivity contribution in [2.75, 3.05) is 0 Å². The Morgan fingerprint density at radius 3 is 2.80 bits per heavy atom. The molecule has 0 bridgehead atoms. The van der Waals surface area contributed by atoms with Crippen molar-refractivity contribution in [3.05, 3.63) is 11.4 Å². The van der Waals surface area contributed by atoms with E-state index in [4.69, 9.17) is 11.6 Å². The van der Waals surface area contributed by atoms with E-state index in [9.17, 15) is 8.42 Å². The number of nitrogens with one attached hydrogen (secondary N) is 2. The highest BCUT2D eigenvalue weighted by molar-refractivity contribution is 7.89. The van der Waals surface area contributed by atoms with Crippen LogP contribution in [0.5, 0.6) is 0 Å². The van der Waals surface area contributed by atoms with Gasteiger partial charge in [0, 0.05) is 6.04 Å². The zero-order chi connectivity index (χ0) is 11.1. The number of halogens is 1. The predicted octanol–water partition coefficient (Wildman–Crippen LogP) is 0.898. The summed E-state index contributed by atoms with van der Waals surface area (Å²) < 4.78 is 26.4. The number of H-pyrrole nitrogens is 1. The van der Waals surface area contributed by atoms with Gasteiger partial charge in [-0.25, -0.2) is 13.1 Å².